The molecule has 1 fully saturated rings. The van der Waals surface area contributed by atoms with Gasteiger partial charge in [0, 0.05) is 29.8 Å². The van der Waals surface area contributed by atoms with Crippen LogP contribution >= 0.6 is 12.4 Å². The van der Waals surface area contributed by atoms with Crippen LogP contribution in [0.15, 0.2) is 18.2 Å². The van der Waals surface area contributed by atoms with E-state index in [1.807, 2.05) is 0 Å². The average molecular weight is 300 g/mol. The van der Waals surface area contributed by atoms with E-state index in [1.165, 1.54) is 6.07 Å². The van der Waals surface area contributed by atoms with E-state index in [-0.39, 0.29) is 24.0 Å². The fraction of sp³-hybridized carbons (Fsp3) is 0.462. The zero-order valence-corrected chi connectivity index (χ0v) is 12.0. The molecule has 1 heterocycles. The third-order valence-corrected chi connectivity index (χ3v) is 3.34. The Morgan fingerprint density at radius 2 is 2.30 bits per heavy atom. The first-order chi connectivity index (χ1) is 9.08. The number of nitro benzene ring substituents is 1. The van der Waals surface area contributed by atoms with Gasteiger partial charge in [-0.25, -0.2) is 0 Å². The van der Waals surface area contributed by atoms with E-state index >= 15 is 0 Å². The van der Waals surface area contributed by atoms with Crippen LogP contribution in [0.25, 0.3) is 0 Å². The molecule has 0 radical (unpaired) electrons. The van der Waals surface area contributed by atoms with Crippen molar-refractivity contribution in [3.8, 4) is 0 Å². The molecule has 7 heteroatoms. The lowest BCUT2D eigenvalue weighted by Crippen LogP contribution is -2.37. The largest absolute Gasteiger partial charge is 0.350 e. The lowest BCUT2D eigenvalue weighted by molar-refractivity contribution is -0.385. The van der Waals surface area contributed by atoms with E-state index in [9.17, 15) is 14.9 Å². The van der Waals surface area contributed by atoms with Crippen LogP contribution in [0.5, 0.6) is 0 Å². The van der Waals surface area contributed by atoms with Gasteiger partial charge in [0.2, 0.25) is 0 Å². The maximum atomic E-state index is 11.9. The first-order valence-corrected chi connectivity index (χ1v) is 6.34. The second-order valence-corrected chi connectivity index (χ2v) is 4.76. The van der Waals surface area contributed by atoms with Crippen LogP contribution in [0.2, 0.25) is 0 Å². The molecular formula is C13H18ClN3O3. The lowest BCUT2D eigenvalue weighted by atomic mass is 10.1. The third kappa shape index (κ3) is 3.91. The number of hydrogen-bond donors (Lipinski definition) is 2. The van der Waals surface area contributed by atoms with Gasteiger partial charge in [0.1, 0.15) is 0 Å². The first kappa shape index (κ1) is 16.4. The van der Waals surface area contributed by atoms with Crippen molar-refractivity contribution in [3.63, 3.8) is 0 Å². The number of nitro groups is 1. The Morgan fingerprint density at radius 1 is 1.55 bits per heavy atom. The molecule has 0 aromatic heterocycles. The Kier molecular flexibility index (Phi) is 5.91. The summed E-state index contributed by atoms with van der Waals surface area (Å²) in [5.74, 6) is -0.267. The van der Waals surface area contributed by atoms with Gasteiger partial charge >= 0.3 is 0 Å². The van der Waals surface area contributed by atoms with Gasteiger partial charge in [-0.2, -0.15) is 0 Å². The molecule has 6 nitrogen and oxygen atoms in total. The Hall–Kier alpha value is -1.66. The monoisotopic (exact) mass is 299 g/mol. The smallest absolute Gasteiger partial charge is 0.273 e. The Balaban J connectivity index is 0.00000200. The van der Waals surface area contributed by atoms with E-state index in [0.717, 1.165) is 19.4 Å². The highest BCUT2D eigenvalue weighted by atomic mass is 35.5. The summed E-state index contributed by atoms with van der Waals surface area (Å²) in [5.41, 5.74) is 0.862. The van der Waals surface area contributed by atoms with E-state index in [4.69, 9.17) is 0 Å². The zero-order chi connectivity index (χ0) is 13.8. The molecule has 0 bridgehead atoms. The van der Waals surface area contributed by atoms with Crippen molar-refractivity contribution in [1.82, 2.24) is 10.6 Å². The number of carbonyl (C=O) groups excluding carboxylic acids is 1. The van der Waals surface area contributed by atoms with Crippen molar-refractivity contribution in [3.05, 3.63) is 39.4 Å². The molecular weight excluding hydrogens is 282 g/mol. The summed E-state index contributed by atoms with van der Waals surface area (Å²) in [4.78, 5) is 22.3. The normalized spacial score (nSPS) is 17.4. The molecule has 1 aliphatic rings. The summed E-state index contributed by atoms with van der Waals surface area (Å²) >= 11 is 0. The Labute approximate surface area is 123 Å². The van der Waals surface area contributed by atoms with Gasteiger partial charge in [0.05, 0.1) is 4.92 Å². The Morgan fingerprint density at radius 3 is 2.90 bits per heavy atom. The number of hydrogen-bond acceptors (Lipinski definition) is 4. The highest BCUT2D eigenvalue weighted by Gasteiger charge is 2.17. The molecule has 0 aliphatic carbocycles. The molecule has 110 valence electrons. The highest BCUT2D eigenvalue weighted by molar-refractivity contribution is 5.95. The summed E-state index contributed by atoms with van der Waals surface area (Å²) in [7, 11) is 0. The molecule has 0 saturated carbocycles. The van der Waals surface area contributed by atoms with Crippen LogP contribution in [-0.2, 0) is 0 Å². The second kappa shape index (κ2) is 7.21. The van der Waals surface area contributed by atoms with Crippen molar-refractivity contribution in [2.24, 2.45) is 0 Å². The van der Waals surface area contributed by atoms with Crippen molar-refractivity contribution < 1.29 is 9.72 Å². The number of halogens is 1. The molecule has 2 N–H and O–H groups in total. The molecule has 1 saturated heterocycles. The minimum Gasteiger partial charge on any atom is -0.350 e. The summed E-state index contributed by atoms with van der Waals surface area (Å²) < 4.78 is 0. The number of benzene rings is 1. The quantitative estimate of drug-likeness (QED) is 0.656. The maximum absolute atomic E-state index is 11.9. The first-order valence-electron chi connectivity index (χ1n) is 6.34. The molecule has 1 aromatic rings. The van der Waals surface area contributed by atoms with Crippen molar-refractivity contribution in [2.45, 2.75) is 25.8 Å². The van der Waals surface area contributed by atoms with Gasteiger partial charge in [-0.05, 0) is 32.4 Å². The van der Waals surface area contributed by atoms with Crippen molar-refractivity contribution in [2.75, 3.05) is 13.1 Å². The fourth-order valence-electron chi connectivity index (χ4n) is 2.20. The van der Waals surface area contributed by atoms with E-state index < -0.39 is 4.92 Å². The van der Waals surface area contributed by atoms with Gasteiger partial charge in [-0.3, -0.25) is 14.9 Å². The topological polar surface area (TPSA) is 84.3 Å². The summed E-state index contributed by atoms with van der Waals surface area (Å²) in [5, 5.41) is 16.9. The standard InChI is InChI=1S/C13H17N3O3.ClH/c1-9-4-5-10(7-12(9)16(18)19)13(17)15-8-11-3-2-6-14-11;/h4-5,7,11,14H,2-3,6,8H2,1H3,(H,15,17);1H. The van der Waals surface area contributed by atoms with Crippen LogP contribution < -0.4 is 10.6 Å². The molecule has 0 spiro atoms. The second-order valence-electron chi connectivity index (χ2n) is 4.76. The molecule has 1 aliphatic heterocycles. The van der Waals surface area contributed by atoms with Crippen LogP contribution in [0.1, 0.15) is 28.8 Å². The summed E-state index contributed by atoms with van der Waals surface area (Å²) in [6.45, 7) is 3.19. The molecule has 1 amide bonds. The zero-order valence-electron chi connectivity index (χ0n) is 11.2. The van der Waals surface area contributed by atoms with Gasteiger partial charge in [0.25, 0.3) is 11.6 Å². The van der Waals surface area contributed by atoms with Gasteiger partial charge in [0.15, 0.2) is 0 Å². The lowest BCUT2D eigenvalue weighted by Gasteiger charge is -2.11. The Bertz CT molecular complexity index is 502. The predicted molar refractivity (Wildman–Crippen MR) is 78.4 cm³/mol. The molecule has 1 atom stereocenters. The highest BCUT2D eigenvalue weighted by Crippen LogP contribution is 2.19. The van der Waals surface area contributed by atoms with Gasteiger partial charge in [-0.15, -0.1) is 12.4 Å². The van der Waals surface area contributed by atoms with Crippen molar-refractivity contribution in [1.29, 1.82) is 0 Å². The third-order valence-electron chi connectivity index (χ3n) is 3.34. The number of aryl methyl sites for hydroxylation is 1. The van der Waals surface area contributed by atoms with Crippen LogP contribution in [0.4, 0.5) is 5.69 Å². The van der Waals surface area contributed by atoms with Crippen molar-refractivity contribution >= 4 is 24.0 Å². The fourth-order valence-corrected chi connectivity index (χ4v) is 2.20. The summed E-state index contributed by atoms with van der Waals surface area (Å²) in [6.07, 6.45) is 2.17. The summed E-state index contributed by atoms with van der Waals surface area (Å²) in [6, 6.07) is 4.84. The molecule has 1 aromatic carbocycles. The molecule has 20 heavy (non-hydrogen) atoms. The maximum Gasteiger partial charge on any atom is 0.273 e. The minimum absolute atomic E-state index is 0. The number of nitrogens with zero attached hydrogens (tertiary/aromatic N) is 1. The van der Waals surface area contributed by atoms with Crippen LogP contribution in [0, 0.1) is 17.0 Å². The number of nitrogens with one attached hydrogen (secondary N) is 2. The van der Waals surface area contributed by atoms with E-state index in [1.54, 1.807) is 19.1 Å². The number of carbonyl (C=O) groups is 1. The molecule has 1 unspecified atom stereocenters. The van der Waals surface area contributed by atoms with Crippen LogP contribution in [-0.4, -0.2) is 30.0 Å². The number of amides is 1. The van der Waals surface area contributed by atoms with E-state index in [0.29, 0.717) is 23.7 Å². The minimum atomic E-state index is -0.468. The van der Waals surface area contributed by atoms with Gasteiger partial charge in [-0.1, -0.05) is 6.07 Å². The SMILES string of the molecule is Cc1ccc(C(=O)NCC2CCCN2)cc1[N+](=O)[O-].Cl. The van der Waals surface area contributed by atoms with Gasteiger partial charge < -0.3 is 10.6 Å². The predicted octanol–water partition coefficient (Wildman–Crippen LogP) is 1.81. The average Bonchev–Trinajstić information content (AvgIpc) is 2.89. The van der Waals surface area contributed by atoms with Crippen LogP contribution in [0.3, 0.4) is 0 Å². The molecule has 2 rings (SSSR count). The number of rotatable bonds is 4. The van der Waals surface area contributed by atoms with E-state index in [2.05, 4.69) is 10.6 Å².